The van der Waals surface area contributed by atoms with Crippen LogP contribution in [0.15, 0.2) is 28.7 Å². The van der Waals surface area contributed by atoms with Gasteiger partial charge in [0.25, 0.3) is 0 Å². The molecule has 2 atom stereocenters. The van der Waals surface area contributed by atoms with Crippen molar-refractivity contribution in [2.45, 2.75) is 44.6 Å². The minimum absolute atomic E-state index is 0.517. The minimum atomic E-state index is 0.517. The number of rotatable bonds is 7. The second-order valence-corrected chi connectivity index (χ2v) is 6.64. The molecule has 1 fully saturated rings. The molecule has 1 aromatic carbocycles. The highest BCUT2D eigenvalue weighted by atomic mass is 79.9. The van der Waals surface area contributed by atoms with Crippen LogP contribution in [0.3, 0.4) is 0 Å². The van der Waals surface area contributed by atoms with Crippen LogP contribution in [0.5, 0.6) is 0 Å². The summed E-state index contributed by atoms with van der Waals surface area (Å²) in [5.41, 5.74) is 1.38. The van der Waals surface area contributed by atoms with Gasteiger partial charge in [-0.05, 0) is 55.7 Å². The Balaban J connectivity index is 1.71. The molecule has 1 aliphatic rings. The zero-order valence-electron chi connectivity index (χ0n) is 11.3. The fourth-order valence-electron chi connectivity index (χ4n) is 2.69. The van der Waals surface area contributed by atoms with Crippen LogP contribution in [0.4, 0.5) is 0 Å². The maximum Gasteiger partial charge on any atom is 0.0576 e. The fraction of sp³-hybridized carbons (Fsp3) is 0.625. The molecule has 3 heteroatoms. The molecule has 1 nitrogen and oxygen atoms in total. The molecule has 0 aliphatic carbocycles. The van der Waals surface area contributed by atoms with Crippen molar-refractivity contribution in [2.24, 2.45) is 5.92 Å². The molecule has 19 heavy (non-hydrogen) atoms. The van der Waals surface area contributed by atoms with Crippen LogP contribution in [0.1, 0.15) is 37.7 Å². The van der Waals surface area contributed by atoms with Crippen LogP contribution >= 0.6 is 27.5 Å². The summed E-state index contributed by atoms with van der Waals surface area (Å²) in [6.07, 6.45) is 7.73. The van der Waals surface area contributed by atoms with Gasteiger partial charge in [0, 0.05) is 17.0 Å². The lowest BCUT2D eigenvalue weighted by molar-refractivity contribution is 0.101. The summed E-state index contributed by atoms with van der Waals surface area (Å²) in [5, 5.41) is 0. The molecule has 1 saturated heterocycles. The van der Waals surface area contributed by atoms with Gasteiger partial charge in [-0.3, -0.25) is 0 Å². The standard InChI is InChI=1S/C16H22BrClO/c17-15-8-6-13(7-9-15)11-14(12-18)3-1-4-16-5-2-10-19-16/h6-9,14,16H,1-5,10-12H2. The number of halogens is 2. The van der Waals surface area contributed by atoms with Crippen molar-refractivity contribution in [2.75, 3.05) is 12.5 Å². The molecule has 0 radical (unpaired) electrons. The summed E-state index contributed by atoms with van der Waals surface area (Å²) in [6, 6.07) is 8.58. The van der Waals surface area contributed by atoms with Crippen molar-refractivity contribution in [1.82, 2.24) is 0 Å². The van der Waals surface area contributed by atoms with E-state index in [-0.39, 0.29) is 0 Å². The Morgan fingerprint density at radius 2 is 2.11 bits per heavy atom. The Morgan fingerprint density at radius 3 is 2.74 bits per heavy atom. The highest BCUT2D eigenvalue weighted by molar-refractivity contribution is 9.10. The van der Waals surface area contributed by atoms with Gasteiger partial charge in [-0.1, -0.05) is 34.5 Å². The Kier molecular flexibility index (Phi) is 6.69. The lowest BCUT2D eigenvalue weighted by Gasteiger charge is -2.15. The molecule has 0 saturated carbocycles. The third-order valence-electron chi connectivity index (χ3n) is 3.82. The van der Waals surface area contributed by atoms with E-state index in [1.807, 2.05) is 0 Å². The maximum absolute atomic E-state index is 6.10. The molecule has 0 aromatic heterocycles. The molecule has 1 heterocycles. The molecule has 1 aromatic rings. The van der Waals surface area contributed by atoms with E-state index >= 15 is 0 Å². The monoisotopic (exact) mass is 344 g/mol. The summed E-state index contributed by atoms with van der Waals surface area (Å²) in [5.74, 6) is 1.34. The normalized spacial score (nSPS) is 20.6. The third kappa shape index (κ3) is 5.45. The summed E-state index contributed by atoms with van der Waals surface area (Å²) in [4.78, 5) is 0. The second kappa shape index (κ2) is 8.28. The highest BCUT2D eigenvalue weighted by Crippen LogP contribution is 2.22. The van der Waals surface area contributed by atoms with E-state index in [2.05, 4.69) is 40.2 Å². The molecule has 0 bridgehead atoms. The van der Waals surface area contributed by atoms with Gasteiger partial charge < -0.3 is 4.74 Å². The van der Waals surface area contributed by atoms with Crippen LogP contribution in [-0.4, -0.2) is 18.6 Å². The number of benzene rings is 1. The molecule has 0 N–H and O–H groups in total. The molecule has 0 spiro atoms. The lowest BCUT2D eigenvalue weighted by atomic mass is 9.95. The van der Waals surface area contributed by atoms with Crippen molar-refractivity contribution in [3.05, 3.63) is 34.3 Å². The molecular weight excluding hydrogens is 324 g/mol. The predicted molar refractivity (Wildman–Crippen MR) is 84.9 cm³/mol. The largest absolute Gasteiger partial charge is 0.378 e. The average Bonchev–Trinajstić information content (AvgIpc) is 2.93. The molecule has 1 aliphatic heterocycles. The zero-order chi connectivity index (χ0) is 13.5. The number of ether oxygens (including phenoxy) is 1. The summed E-state index contributed by atoms with van der Waals surface area (Å²) in [7, 11) is 0. The van der Waals surface area contributed by atoms with E-state index in [0.717, 1.165) is 23.4 Å². The van der Waals surface area contributed by atoms with E-state index in [4.69, 9.17) is 16.3 Å². The van der Waals surface area contributed by atoms with Crippen molar-refractivity contribution < 1.29 is 4.74 Å². The summed E-state index contributed by atoms with van der Waals surface area (Å²) < 4.78 is 6.80. The van der Waals surface area contributed by atoms with Gasteiger partial charge in [-0.2, -0.15) is 0 Å². The molecule has 2 rings (SSSR count). The number of hydrogen-bond acceptors (Lipinski definition) is 1. The van der Waals surface area contributed by atoms with Crippen molar-refractivity contribution in [1.29, 1.82) is 0 Å². The van der Waals surface area contributed by atoms with Gasteiger partial charge in [0.05, 0.1) is 6.10 Å². The molecular formula is C16H22BrClO. The summed E-state index contributed by atoms with van der Waals surface area (Å²) in [6.45, 7) is 0.961. The van der Waals surface area contributed by atoms with E-state index in [0.29, 0.717) is 12.0 Å². The summed E-state index contributed by atoms with van der Waals surface area (Å²) >= 11 is 9.57. The first-order chi connectivity index (χ1) is 9.28. The average molecular weight is 346 g/mol. The molecule has 106 valence electrons. The number of hydrogen-bond donors (Lipinski definition) is 0. The van der Waals surface area contributed by atoms with E-state index in [1.54, 1.807) is 0 Å². The Hall–Kier alpha value is -0.0500. The Morgan fingerprint density at radius 1 is 1.32 bits per heavy atom. The van der Waals surface area contributed by atoms with Crippen molar-refractivity contribution in [3.8, 4) is 0 Å². The maximum atomic E-state index is 6.10. The molecule has 2 unspecified atom stereocenters. The van der Waals surface area contributed by atoms with Gasteiger partial charge in [-0.25, -0.2) is 0 Å². The van der Waals surface area contributed by atoms with Crippen LogP contribution in [0.2, 0.25) is 0 Å². The first-order valence-electron chi connectivity index (χ1n) is 7.20. The number of alkyl halides is 1. The van der Waals surface area contributed by atoms with E-state index < -0.39 is 0 Å². The Bertz CT molecular complexity index is 360. The minimum Gasteiger partial charge on any atom is -0.378 e. The fourth-order valence-corrected chi connectivity index (χ4v) is 3.22. The quantitative estimate of drug-likeness (QED) is 0.617. The van der Waals surface area contributed by atoms with Crippen molar-refractivity contribution >= 4 is 27.5 Å². The van der Waals surface area contributed by atoms with Gasteiger partial charge in [0.15, 0.2) is 0 Å². The van der Waals surface area contributed by atoms with Crippen LogP contribution in [-0.2, 0) is 11.2 Å². The zero-order valence-corrected chi connectivity index (χ0v) is 13.6. The van der Waals surface area contributed by atoms with Crippen LogP contribution < -0.4 is 0 Å². The van der Waals surface area contributed by atoms with Gasteiger partial charge >= 0.3 is 0 Å². The smallest absolute Gasteiger partial charge is 0.0576 e. The Labute approximate surface area is 129 Å². The first kappa shape index (κ1) is 15.3. The topological polar surface area (TPSA) is 9.23 Å². The first-order valence-corrected chi connectivity index (χ1v) is 8.52. The van der Waals surface area contributed by atoms with Crippen molar-refractivity contribution in [3.63, 3.8) is 0 Å². The van der Waals surface area contributed by atoms with E-state index in [1.165, 1.54) is 37.7 Å². The van der Waals surface area contributed by atoms with Gasteiger partial charge in [-0.15, -0.1) is 11.6 Å². The second-order valence-electron chi connectivity index (χ2n) is 5.42. The van der Waals surface area contributed by atoms with E-state index in [9.17, 15) is 0 Å². The highest BCUT2D eigenvalue weighted by Gasteiger charge is 2.16. The third-order valence-corrected chi connectivity index (χ3v) is 4.78. The van der Waals surface area contributed by atoms with Crippen LogP contribution in [0, 0.1) is 5.92 Å². The molecule has 0 amide bonds. The predicted octanol–water partition coefficient (Wildman–Crippen LogP) is 5.20. The SMILES string of the molecule is ClCC(CCCC1CCCO1)Cc1ccc(Br)cc1. The van der Waals surface area contributed by atoms with Gasteiger partial charge in [0.1, 0.15) is 0 Å². The van der Waals surface area contributed by atoms with Crippen LogP contribution in [0.25, 0.3) is 0 Å². The van der Waals surface area contributed by atoms with Gasteiger partial charge in [0.2, 0.25) is 0 Å². The lowest BCUT2D eigenvalue weighted by Crippen LogP contribution is -2.09.